The number of anilines is 1. The van der Waals surface area contributed by atoms with Gasteiger partial charge in [-0.3, -0.25) is 4.79 Å². The minimum Gasteiger partial charge on any atom is -0.480 e. The van der Waals surface area contributed by atoms with Gasteiger partial charge in [0.05, 0.1) is 0 Å². The fourth-order valence-corrected chi connectivity index (χ4v) is 3.51. The summed E-state index contributed by atoms with van der Waals surface area (Å²) >= 11 is 0. The lowest BCUT2D eigenvalue weighted by atomic mass is 9.76. The Morgan fingerprint density at radius 1 is 1.38 bits per heavy atom. The first-order valence-corrected chi connectivity index (χ1v) is 7.50. The van der Waals surface area contributed by atoms with E-state index in [1.54, 1.807) is 6.33 Å². The maximum Gasteiger partial charge on any atom is 0.320 e. The molecule has 0 bridgehead atoms. The van der Waals surface area contributed by atoms with E-state index in [0.29, 0.717) is 0 Å². The van der Waals surface area contributed by atoms with Crippen molar-refractivity contribution in [3.05, 3.63) is 17.6 Å². The lowest BCUT2D eigenvalue weighted by molar-refractivity contribution is -0.139. The van der Waals surface area contributed by atoms with Crippen LogP contribution in [0.15, 0.2) is 6.33 Å². The van der Waals surface area contributed by atoms with E-state index in [9.17, 15) is 4.79 Å². The van der Waals surface area contributed by atoms with E-state index >= 15 is 0 Å². The van der Waals surface area contributed by atoms with Gasteiger partial charge in [0, 0.05) is 30.9 Å². The van der Waals surface area contributed by atoms with Crippen molar-refractivity contribution in [1.29, 1.82) is 0 Å². The molecule has 0 aromatic carbocycles. The number of carboxylic acids is 1. The molecule has 21 heavy (non-hydrogen) atoms. The van der Waals surface area contributed by atoms with Crippen LogP contribution in [0.2, 0.25) is 0 Å². The zero-order valence-corrected chi connectivity index (χ0v) is 12.6. The Bertz CT molecular complexity index is 553. The third-order valence-electron chi connectivity index (χ3n) is 5.09. The van der Waals surface area contributed by atoms with Crippen LogP contribution in [0.25, 0.3) is 0 Å². The van der Waals surface area contributed by atoms with E-state index < -0.39 is 5.97 Å². The van der Waals surface area contributed by atoms with Crippen LogP contribution in [0.1, 0.15) is 30.5 Å². The summed E-state index contributed by atoms with van der Waals surface area (Å²) in [5, 5.41) is 12.3. The Kier molecular flexibility index (Phi) is 3.57. The first kappa shape index (κ1) is 14.3. The summed E-state index contributed by atoms with van der Waals surface area (Å²) in [5.74, 6) is 0.301. The molecule has 1 aromatic heterocycles. The molecule has 2 saturated heterocycles. The fourth-order valence-electron chi connectivity index (χ4n) is 3.51. The summed E-state index contributed by atoms with van der Waals surface area (Å²) in [6.07, 6.45) is 4.41. The van der Waals surface area contributed by atoms with Crippen LogP contribution in [-0.4, -0.2) is 46.7 Å². The molecule has 6 heteroatoms. The number of carbonyl (C=O) groups is 1. The normalized spacial score (nSPS) is 24.5. The third-order valence-corrected chi connectivity index (χ3v) is 5.09. The van der Waals surface area contributed by atoms with Crippen LogP contribution < -0.4 is 10.2 Å². The molecule has 3 rings (SSSR count). The first-order valence-electron chi connectivity index (χ1n) is 7.50. The van der Waals surface area contributed by atoms with Gasteiger partial charge in [0.25, 0.3) is 0 Å². The van der Waals surface area contributed by atoms with Crippen molar-refractivity contribution in [2.45, 2.75) is 39.2 Å². The third kappa shape index (κ3) is 2.60. The van der Waals surface area contributed by atoms with Gasteiger partial charge in [-0.2, -0.15) is 0 Å². The van der Waals surface area contributed by atoms with E-state index in [-0.39, 0.29) is 11.5 Å². The van der Waals surface area contributed by atoms with Crippen molar-refractivity contribution >= 4 is 11.8 Å². The predicted octanol–water partition coefficient (Wildman–Crippen LogP) is 1.13. The number of aliphatic carboxylic acids is 1. The number of piperidine rings is 1. The standard InChI is InChI=1S/C15H22N4O2/c1-10-11(2)17-9-18-13(10)19-5-3-15(4-6-19)7-12(14(20)21)16-8-15/h9,12,16H,3-8H2,1-2H3,(H,20,21). The maximum absolute atomic E-state index is 11.1. The van der Waals surface area contributed by atoms with Gasteiger partial charge >= 0.3 is 5.97 Å². The second kappa shape index (κ2) is 5.26. The molecule has 0 amide bonds. The highest BCUT2D eigenvalue weighted by atomic mass is 16.4. The van der Waals surface area contributed by atoms with Crippen molar-refractivity contribution < 1.29 is 9.90 Å². The highest BCUT2D eigenvalue weighted by Crippen LogP contribution is 2.40. The Balaban J connectivity index is 1.68. The van der Waals surface area contributed by atoms with E-state index in [2.05, 4.69) is 27.1 Å². The summed E-state index contributed by atoms with van der Waals surface area (Å²) in [5.41, 5.74) is 2.31. The Morgan fingerprint density at radius 2 is 2.10 bits per heavy atom. The number of aromatic nitrogens is 2. The average molecular weight is 290 g/mol. The Labute approximate surface area is 124 Å². The molecule has 2 aliphatic rings. The van der Waals surface area contributed by atoms with Crippen LogP contribution >= 0.6 is 0 Å². The number of hydrogen-bond donors (Lipinski definition) is 2. The zero-order chi connectivity index (χ0) is 15.0. The minimum absolute atomic E-state index is 0.148. The van der Waals surface area contributed by atoms with Crippen LogP contribution in [0.3, 0.4) is 0 Å². The van der Waals surface area contributed by atoms with Gasteiger partial charge in [-0.05, 0) is 38.5 Å². The lowest BCUT2D eigenvalue weighted by Crippen LogP contribution is -2.42. The number of nitrogens with zero attached hydrogens (tertiary/aromatic N) is 3. The topological polar surface area (TPSA) is 78.4 Å². The summed E-state index contributed by atoms with van der Waals surface area (Å²) < 4.78 is 0. The molecule has 114 valence electrons. The molecule has 0 saturated carbocycles. The van der Waals surface area contributed by atoms with Gasteiger partial charge in [-0.15, -0.1) is 0 Å². The molecular weight excluding hydrogens is 268 g/mol. The fraction of sp³-hybridized carbons (Fsp3) is 0.667. The Morgan fingerprint density at radius 3 is 2.71 bits per heavy atom. The lowest BCUT2D eigenvalue weighted by Gasteiger charge is -2.40. The summed E-state index contributed by atoms with van der Waals surface area (Å²) in [6.45, 7) is 6.76. The van der Waals surface area contributed by atoms with E-state index in [1.165, 1.54) is 0 Å². The molecule has 2 aliphatic heterocycles. The molecule has 1 unspecified atom stereocenters. The van der Waals surface area contributed by atoms with Crippen LogP contribution in [0.5, 0.6) is 0 Å². The van der Waals surface area contributed by atoms with Gasteiger partial charge in [-0.25, -0.2) is 9.97 Å². The summed E-state index contributed by atoms with van der Waals surface area (Å²) in [4.78, 5) is 22.1. The van der Waals surface area contributed by atoms with Gasteiger partial charge in [0.2, 0.25) is 0 Å². The average Bonchev–Trinajstić information content (AvgIpc) is 2.88. The van der Waals surface area contributed by atoms with Crippen molar-refractivity contribution in [1.82, 2.24) is 15.3 Å². The quantitative estimate of drug-likeness (QED) is 0.850. The molecular formula is C15H22N4O2. The van der Waals surface area contributed by atoms with E-state index in [0.717, 1.165) is 56.0 Å². The number of hydrogen-bond acceptors (Lipinski definition) is 5. The smallest absolute Gasteiger partial charge is 0.320 e. The number of nitrogens with one attached hydrogen (secondary N) is 1. The van der Waals surface area contributed by atoms with E-state index in [1.807, 2.05) is 6.92 Å². The van der Waals surface area contributed by atoms with Crippen molar-refractivity contribution in [2.24, 2.45) is 5.41 Å². The summed E-state index contributed by atoms with van der Waals surface area (Å²) in [7, 11) is 0. The summed E-state index contributed by atoms with van der Waals surface area (Å²) in [6, 6.07) is -0.375. The van der Waals surface area contributed by atoms with Crippen LogP contribution in [0.4, 0.5) is 5.82 Å². The van der Waals surface area contributed by atoms with Crippen LogP contribution in [0, 0.1) is 19.3 Å². The van der Waals surface area contributed by atoms with Crippen molar-refractivity contribution in [3.63, 3.8) is 0 Å². The van der Waals surface area contributed by atoms with Crippen LogP contribution in [-0.2, 0) is 4.79 Å². The molecule has 2 fully saturated rings. The maximum atomic E-state index is 11.1. The second-order valence-electron chi connectivity index (χ2n) is 6.37. The zero-order valence-electron chi connectivity index (χ0n) is 12.6. The SMILES string of the molecule is Cc1ncnc(N2CCC3(CC2)CNC(C(=O)O)C3)c1C. The monoisotopic (exact) mass is 290 g/mol. The Hall–Kier alpha value is -1.69. The number of rotatable bonds is 2. The molecule has 1 atom stereocenters. The van der Waals surface area contributed by atoms with Crippen molar-refractivity contribution in [2.75, 3.05) is 24.5 Å². The molecule has 3 heterocycles. The minimum atomic E-state index is -0.725. The van der Waals surface area contributed by atoms with Gasteiger partial charge in [-0.1, -0.05) is 0 Å². The molecule has 2 N–H and O–H groups in total. The predicted molar refractivity (Wildman–Crippen MR) is 79.4 cm³/mol. The largest absolute Gasteiger partial charge is 0.480 e. The first-order chi connectivity index (χ1) is 10.0. The number of carboxylic acid groups (broad SMARTS) is 1. The highest BCUT2D eigenvalue weighted by molar-refractivity contribution is 5.74. The second-order valence-corrected chi connectivity index (χ2v) is 6.37. The van der Waals surface area contributed by atoms with Gasteiger partial charge in [0.1, 0.15) is 18.2 Å². The molecule has 6 nitrogen and oxygen atoms in total. The number of aryl methyl sites for hydroxylation is 1. The van der Waals surface area contributed by atoms with Crippen molar-refractivity contribution in [3.8, 4) is 0 Å². The molecule has 1 spiro atoms. The van der Waals surface area contributed by atoms with Gasteiger partial charge in [0.15, 0.2) is 0 Å². The highest BCUT2D eigenvalue weighted by Gasteiger charge is 2.43. The van der Waals surface area contributed by atoms with Gasteiger partial charge < -0.3 is 15.3 Å². The molecule has 0 aliphatic carbocycles. The molecule has 0 radical (unpaired) electrons. The molecule has 1 aromatic rings. The van der Waals surface area contributed by atoms with E-state index in [4.69, 9.17) is 5.11 Å².